The lowest BCUT2D eigenvalue weighted by atomic mass is 9.54. The average Bonchev–Trinajstić information content (AvgIpc) is 2.37. The molecule has 0 bridgehead atoms. The summed E-state index contributed by atoms with van der Waals surface area (Å²) < 4.78 is 10.8. The highest BCUT2D eigenvalue weighted by Crippen LogP contribution is 2.49. The molecule has 0 aromatic rings. The molecule has 0 aromatic carbocycles. The van der Waals surface area contributed by atoms with Crippen LogP contribution in [0.15, 0.2) is 0 Å². The van der Waals surface area contributed by atoms with Gasteiger partial charge in [-0.25, -0.2) is 0 Å². The largest absolute Gasteiger partial charge is 0.382 e. The Kier molecular flexibility index (Phi) is 8.03. The summed E-state index contributed by atoms with van der Waals surface area (Å²) in [7, 11) is 0. The highest BCUT2D eigenvalue weighted by molar-refractivity contribution is 5.88. The lowest BCUT2D eigenvalue weighted by Crippen LogP contribution is -2.75. The molecular weight excluding hydrogens is 280 g/mol. The monoisotopic (exact) mass is 308 g/mol. The van der Waals surface area contributed by atoms with E-state index in [0.717, 1.165) is 6.42 Å². The number of carbonyl (C=O) groups excluding carboxylic acids is 1. The number of rotatable bonds is 8. The molecule has 3 N–H and O–H groups in total. The third-order valence-corrected chi connectivity index (χ3v) is 4.19. The summed E-state index contributed by atoms with van der Waals surface area (Å²) in [4.78, 5) is 12.2. The van der Waals surface area contributed by atoms with Crippen molar-refractivity contribution in [1.29, 1.82) is 0 Å². The van der Waals surface area contributed by atoms with Gasteiger partial charge in [0.15, 0.2) is 0 Å². The van der Waals surface area contributed by atoms with Crippen molar-refractivity contribution in [1.82, 2.24) is 5.32 Å². The van der Waals surface area contributed by atoms with Crippen LogP contribution in [0, 0.1) is 5.41 Å². The van der Waals surface area contributed by atoms with Crippen LogP contribution in [0.3, 0.4) is 0 Å². The number of nitrogens with one attached hydrogen (secondary N) is 1. The number of halogens is 1. The van der Waals surface area contributed by atoms with E-state index < -0.39 is 5.54 Å². The molecule has 6 heteroatoms. The molecule has 0 spiro atoms. The number of amides is 1. The molecular formula is C14H29ClN2O3. The molecule has 1 aliphatic rings. The molecule has 0 aliphatic heterocycles. The molecule has 2 unspecified atom stereocenters. The molecule has 5 nitrogen and oxygen atoms in total. The second-order valence-corrected chi connectivity index (χ2v) is 5.65. The Bertz CT molecular complexity index is 313. The first-order valence-corrected chi connectivity index (χ1v) is 7.16. The van der Waals surface area contributed by atoms with E-state index in [4.69, 9.17) is 15.2 Å². The minimum absolute atomic E-state index is 0. The summed E-state index contributed by atoms with van der Waals surface area (Å²) in [6, 6.07) is 0. The van der Waals surface area contributed by atoms with Gasteiger partial charge in [-0.1, -0.05) is 13.8 Å². The van der Waals surface area contributed by atoms with Crippen LogP contribution in [-0.2, 0) is 14.3 Å². The van der Waals surface area contributed by atoms with Gasteiger partial charge in [-0.05, 0) is 20.3 Å². The van der Waals surface area contributed by atoms with Crippen LogP contribution in [0.4, 0.5) is 0 Å². The predicted octanol–water partition coefficient (Wildman–Crippen LogP) is 1.48. The Labute approximate surface area is 128 Å². The maximum Gasteiger partial charge on any atom is 0.240 e. The molecule has 120 valence electrons. The minimum atomic E-state index is -0.821. The van der Waals surface area contributed by atoms with Crippen molar-refractivity contribution in [3.05, 3.63) is 0 Å². The fourth-order valence-electron chi connectivity index (χ4n) is 2.50. The molecule has 20 heavy (non-hydrogen) atoms. The fraction of sp³-hybridized carbons (Fsp3) is 0.929. The first-order chi connectivity index (χ1) is 8.90. The summed E-state index contributed by atoms with van der Waals surface area (Å²) in [6.45, 7) is 10.5. The van der Waals surface area contributed by atoms with Crippen molar-refractivity contribution in [3.8, 4) is 0 Å². The molecule has 0 aromatic heterocycles. The molecule has 0 saturated heterocycles. The second-order valence-electron chi connectivity index (χ2n) is 5.65. The summed E-state index contributed by atoms with van der Waals surface area (Å²) >= 11 is 0. The van der Waals surface area contributed by atoms with Crippen LogP contribution in [0.1, 0.15) is 40.5 Å². The molecule has 1 amide bonds. The Morgan fingerprint density at radius 2 is 2.00 bits per heavy atom. The van der Waals surface area contributed by atoms with Crippen LogP contribution >= 0.6 is 12.4 Å². The molecule has 1 fully saturated rings. The van der Waals surface area contributed by atoms with Crippen LogP contribution in [-0.4, -0.2) is 43.9 Å². The summed E-state index contributed by atoms with van der Waals surface area (Å²) in [5.41, 5.74) is 5.12. The normalized spacial score (nSPS) is 27.4. The van der Waals surface area contributed by atoms with Crippen molar-refractivity contribution < 1.29 is 14.3 Å². The lowest BCUT2D eigenvalue weighted by molar-refractivity contribution is -0.170. The predicted molar refractivity (Wildman–Crippen MR) is 82.1 cm³/mol. The number of hydrogen-bond donors (Lipinski definition) is 2. The third-order valence-electron chi connectivity index (χ3n) is 4.19. The third kappa shape index (κ3) is 3.85. The highest BCUT2D eigenvalue weighted by atomic mass is 35.5. The Hall–Kier alpha value is -0.360. The van der Waals surface area contributed by atoms with Gasteiger partial charge in [-0.15, -0.1) is 12.4 Å². The van der Waals surface area contributed by atoms with Gasteiger partial charge >= 0.3 is 0 Å². The van der Waals surface area contributed by atoms with Crippen molar-refractivity contribution in [2.45, 2.75) is 52.2 Å². The second kappa shape index (κ2) is 8.17. The molecule has 1 saturated carbocycles. The first kappa shape index (κ1) is 19.6. The molecule has 1 rings (SSSR count). The number of carbonyl (C=O) groups is 1. The number of ether oxygens (including phenoxy) is 2. The summed E-state index contributed by atoms with van der Waals surface area (Å²) in [5, 5.41) is 2.90. The minimum Gasteiger partial charge on any atom is -0.382 e. The van der Waals surface area contributed by atoms with Crippen LogP contribution in [0.2, 0.25) is 0 Å². The maximum atomic E-state index is 12.2. The van der Waals surface area contributed by atoms with Crippen molar-refractivity contribution in [2.24, 2.45) is 11.1 Å². The van der Waals surface area contributed by atoms with Gasteiger partial charge in [-0.3, -0.25) is 4.79 Å². The topological polar surface area (TPSA) is 73.6 Å². The number of hydrogen-bond acceptors (Lipinski definition) is 4. The van der Waals surface area contributed by atoms with Crippen LogP contribution < -0.4 is 11.1 Å². The Morgan fingerprint density at radius 3 is 2.50 bits per heavy atom. The van der Waals surface area contributed by atoms with E-state index in [1.54, 1.807) is 0 Å². The quantitative estimate of drug-likeness (QED) is 0.666. The van der Waals surface area contributed by atoms with E-state index in [9.17, 15) is 4.79 Å². The van der Waals surface area contributed by atoms with Crippen LogP contribution in [0.5, 0.6) is 0 Å². The van der Waals surface area contributed by atoms with E-state index in [-0.39, 0.29) is 29.8 Å². The van der Waals surface area contributed by atoms with Gasteiger partial charge in [0.1, 0.15) is 5.54 Å². The van der Waals surface area contributed by atoms with Crippen molar-refractivity contribution in [2.75, 3.05) is 26.4 Å². The molecule has 0 radical (unpaired) electrons. The van der Waals surface area contributed by atoms with Gasteiger partial charge in [-0.2, -0.15) is 0 Å². The van der Waals surface area contributed by atoms with E-state index in [2.05, 4.69) is 5.32 Å². The zero-order valence-corrected chi connectivity index (χ0v) is 13.8. The lowest BCUT2D eigenvalue weighted by Gasteiger charge is -2.57. The van der Waals surface area contributed by atoms with Gasteiger partial charge in [0.05, 0.1) is 6.10 Å². The first-order valence-electron chi connectivity index (χ1n) is 7.16. The van der Waals surface area contributed by atoms with Crippen LogP contribution in [0.25, 0.3) is 0 Å². The Balaban J connectivity index is 0.00000361. The van der Waals surface area contributed by atoms with E-state index in [0.29, 0.717) is 32.8 Å². The SMILES string of the molecule is CCOCCCNC(=O)C1(N)CC(OCC)C1(C)C.Cl. The summed E-state index contributed by atoms with van der Waals surface area (Å²) in [6.07, 6.45) is 1.47. The zero-order chi connectivity index (χ0) is 14.5. The van der Waals surface area contributed by atoms with Gasteiger partial charge in [0.25, 0.3) is 0 Å². The van der Waals surface area contributed by atoms with E-state index in [1.165, 1.54) is 0 Å². The zero-order valence-electron chi connectivity index (χ0n) is 13.0. The van der Waals surface area contributed by atoms with Crippen molar-refractivity contribution in [3.63, 3.8) is 0 Å². The maximum absolute atomic E-state index is 12.2. The summed E-state index contributed by atoms with van der Waals surface area (Å²) in [5.74, 6) is -0.0787. The fourth-order valence-corrected chi connectivity index (χ4v) is 2.50. The average molecular weight is 309 g/mol. The molecule has 0 heterocycles. The van der Waals surface area contributed by atoms with E-state index in [1.807, 2.05) is 27.7 Å². The molecule has 1 aliphatic carbocycles. The smallest absolute Gasteiger partial charge is 0.240 e. The standard InChI is InChI=1S/C14H28N2O3.ClH/c1-5-18-9-7-8-16-12(17)14(15)10-11(19-6-2)13(14,3)4;/h11H,5-10,15H2,1-4H3,(H,16,17);1H. The number of nitrogens with two attached hydrogens (primary N) is 1. The van der Waals surface area contributed by atoms with Crippen molar-refractivity contribution >= 4 is 18.3 Å². The van der Waals surface area contributed by atoms with Gasteiger partial charge in [0, 0.05) is 38.2 Å². The molecule has 2 atom stereocenters. The van der Waals surface area contributed by atoms with E-state index >= 15 is 0 Å². The van der Waals surface area contributed by atoms with Gasteiger partial charge < -0.3 is 20.5 Å². The highest BCUT2D eigenvalue weighted by Gasteiger charge is 2.62. The van der Waals surface area contributed by atoms with Gasteiger partial charge in [0.2, 0.25) is 5.91 Å². The Morgan fingerprint density at radius 1 is 1.35 bits per heavy atom.